The molecule has 0 radical (unpaired) electrons. The highest BCUT2D eigenvalue weighted by atomic mass is 16.5. The Labute approximate surface area is 134 Å². The Morgan fingerprint density at radius 1 is 1.23 bits per heavy atom. The van der Waals surface area contributed by atoms with Gasteiger partial charge in [0.15, 0.2) is 5.96 Å². The predicted octanol–water partition coefficient (Wildman–Crippen LogP) is 1.27. The maximum Gasteiger partial charge on any atom is 0.239 e. The fourth-order valence-corrected chi connectivity index (χ4v) is 2.94. The Balaban J connectivity index is 2.37. The maximum atomic E-state index is 11.6. The molecule has 0 bridgehead atoms. The van der Waals surface area contributed by atoms with Crippen LogP contribution in [-0.2, 0) is 9.53 Å². The molecule has 0 spiro atoms. The molecule has 22 heavy (non-hydrogen) atoms. The van der Waals surface area contributed by atoms with Crippen molar-refractivity contribution in [3.63, 3.8) is 0 Å². The molecule has 0 aromatic rings. The molecule has 0 aromatic carbocycles. The van der Waals surface area contributed by atoms with Gasteiger partial charge in [0.1, 0.15) is 0 Å². The molecule has 1 aliphatic rings. The lowest BCUT2D eigenvalue weighted by molar-refractivity contribution is -0.120. The van der Waals surface area contributed by atoms with Gasteiger partial charge in [0.2, 0.25) is 5.91 Å². The highest BCUT2D eigenvalue weighted by Crippen LogP contribution is 2.40. The first-order chi connectivity index (χ1) is 10.7. The topological polar surface area (TPSA) is 74.8 Å². The Kier molecular flexibility index (Phi) is 8.89. The number of ether oxygens (including phenoxy) is 1. The van der Waals surface area contributed by atoms with Crippen molar-refractivity contribution >= 4 is 11.9 Å². The van der Waals surface area contributed by atoms with Crippen molar-refractivity contribution in [2.75, 3.05) is 40.4 Å². The van der Waals surface area contributed by atoms with E-state index in [0.29, 0.717) is 17.9 Å². The molecule has 3 N–H and O–H groups in total. The van der Waals surface area contributed by atoms with Gasteiger partial charge in [-0.25, -0.2) is 0 Å². The van der Waals surface area contributed by atoms with E-state index in [1.54, 1.807) is 14.2 Å². The summed E-state index contributed by atoms with van der Waals surface area (Å²) in [6.07, 6.45) is 7.06. The van der Waals surface area contributed by atoms with Gasteiger partial charge in [-0.05, 0) is 31.1 Å². The zero-order valence-electron chi connectivity index (χ0n) is 14.3. The molecule has 1 fully saturated rings. The van der Waals surface area contributed by atoms with E-state index in [1.807, 2.05) is 6.92 Å². The summed E-state index contributed by atoms with van der Waals surface area (Å²) in [5.41, 5.74) is 0.304. The number of aliphatic imine (C=N–C) groups is 1. The summed E-state index contributed by atoms with van der Waals surface area (Å²) in [4.78, 5) is 15.8. The molecule has 1 aliphatic carbocycles. The van der Waals surface area contributed by atoms with Crippen LogP contribution in [0.5, 0.6) is 0 Å². The quantitative estimate of drug-likeness (QED) is 0.443. The minimum atomic E-state index is -0.000220. The molecule has 0 atom stereocenters. The lowest BCUT2D eigenvalue weighted by atomic mass is 9.83. The number of amides is 1. The number of guanidine groups is 1. The standard InChI is InChI=1S/C16H32N4O2/c1-4-10-18-14(21)12-19-15(17-2)20-13-16(9-11-22-3)7-5-6-8-16/h4-13H2,1-3H3,(H,18,21)(H2,17,19,20). The summed E-state index contributed by atoms with van der Waals surface area (Å²) < 4.78 is 5.25. The van der Waals surface area contributed by atoms with E-state index in [0.717, 1.165) is 26.0 Å². The molecule has 6 nitrogen and oxygen atoms in total. The molecule has 0 aliphatic heterocycles. The van der Waals surface area contributed by atoms with Crippen molar-refractivity contribution in [3.05, 3.63) is 0 Å². The molecule has 1 rings (SSSR count). The van der Waals surface area contributed by atoms with E-state index in [2.05, 4.69) is 20.9 Å². The Morgan fingerprint density at radius 3 is 2.55 bits per heavy atom. The van der Waals surface area contributed by atoms with Gasteiger partial charge < -0.3 is 20.7 Å². The van der Waals surface area contributed by atoms with Crippen molar-refractivity contribution in [2.24, 2.45) is 10.4 Å². The van der Waals surface area contributed by atoms with Gasteiger partial charge in [0, 0.05) is 33.9 Å². The van der Waals surface area contributed by atoms with E-state index in [4.69, 9.17) is 4.74 Å². The summed E-state index contributed by atoms with van der Waals surface area (Å²) in [5.74, 6) is 0.690. The third-order valence-corrected chi connectivity index (χ3v) is 4.34. The Bertz CT molecular complexity index is 352. The monoisotopic (exact) mass is 312 g/mol. The second kappa shape index (κ2) is 10.4. The van der Waals surface area contributed by atoms with Crippen LogP contribution < -0.4 is 16.0 Å². The molecule has 0 heterocycles. The number of methoxy groups -OCH3 is 1. The van der Waals surface area contributed by atoms with Crippen LogP contribution in [0.25, 0.3) is 0 Å². The average Bonchev–Trinajstić information content (AvgIpc) is 3.00. The van der Waals surface area contributed by atoms with Crippen LogP contribution in [0.3, 0.4) is 0 Å². The van der Waals surface area contributed by atoms with Crippen molar-refractivity contribution in [1.82, 2.24) is 16.0 Å². The van der Waals surface area contributed by atoms with E-state index in [1.165, 1.54) is 25.7 Å². The zero-order valence-corrected chi connectivity index (χ0v) is 14.3. The minimum Gasteiger partial charge on any atom is -0.385 e. The SMILES string of the molecule is CCCNC(=O)CNC(=NC)NCC1(CCOC)CCCC1. The molecular formula is C16H32N4O2. The van der Waals surface area contributed by atoms with Gasteiger partial charge in [-0.2, -0.15) is 0 Å². The summed E-state index contributed by atoms with van der Waals surface area (Å²) >= 11 is 0. The predicted molar refractivity (Wildman–Crippen MR) is 90.1 cm³/mol. The number of hydrogen-bond acceptors (Lipinski definition) is 3. The second-order valence-corrected chi connectivity index (χ2v) is 6.08. The van der Waals surface area contributed by atoms with Gasteiger partial charge in [-0.3, -0.25) is 9.79 Å². The van der Waals surface area contributed by atoms with Crippen LogP contribution in [0.15, 0.2) is 4.99 Å². The van der Waals surface area contributed by atoms with E-state index in [-0.39, 0.29) is 12.5 Å². The second-order valence-electron chi connectivity index (χ2n) is 6.08. The number of nitrogens with zero attached hydrogens (tertiary/aromatic N) is 1. The molecule has 6 heteroatoms. The number of rotatable bonds is 9. The van der Waals surface area contributed by atoms with Gasteiger partial charge in [0.25, 0.3) is 0 Å². The van der Waals surface area contributed by atoms with Crippen molar-refractivity contribution in [2.45, 2.75) is 45.4 Å². The highest BCUT2D eigenvalue weighted by molar-refractivity contribution is 5.86. The van der Waals surface area contributed by atoms with Crippen molar-refractivity contribution in [1.29, 1.82) is 0 Å². The van der Waals surface area contributed by atoms with E-state index in [9.17, 15) is 4.79 Å². The van der Waals surface area contributed by atoms with Crippen LogP contribution in [0.1, 0.15) is 45.4 Å². The first-order valence-corrected chi connectivity index (χ1v) is 8.36. The smallest absolute Gasteiger partial charge is 0.239 e. The molecular weight excluding hydrogens is 280 g/mol. The van der Waals surface area contributed by atoms with E-state index < -0.39 is 0 Å². The maximum absolute atomic E-state index is 11.6. The zero-order chi connectivity index (χ0) is 16.3. The number of carbonyl (C=O) groups is 1. The van der Waals surface area contributed by atoms with Crippen LogP contribution in [0.4, 0.5) is 0 Å². The minimum absolute atomic E-state index is 0.000220. The first-order valence-electron chi connectivity index (χ1n) is 8.36. The molecule has 0 saturated heterocycles. The van der Waals surface area contributed by atoms with Gasteiger partial charge in [-0.15, -0.1) is 0 Å². The molecule has 1 amide bonds. The molecule has 1 saturated carbocycles. The van der Waals surface area contributed by atoms with E-state index >= 15 is 0 Å². The number of hydrogen-bond donors (Lipinski definition) is 3. The highest BCUT2D eigenvalue weighted by Gasteiger charge is 2.33. The van der Waals surface area contributed by atoms with Crippen LogP contribution in [-0.4, -0.2) is 52.3 Å². The summed E-state index contributed by atoms with van der Waals surface area (Å²) in [6.45, 7) is 4.69. The summed E-state index contributed by atoms with van der Waals surface area (Å²) in [7, 11) is 3.49. The fraction of sp³-hybridized carbons (Fsp3) is 0.875. The lowest BCUT2D eigenvalue weighted by Gasteiger charge is -2.29. The summed E-state index contributed by atoms with van der Waals surface area (Å²) in [5, 5.41) is 9.29. The molecule has 0 aromatic heterocycles. The Morgan fingerprint density at radius 2 is 1.95 bits per heavy atom. The lowest BCUT2D eigenvalue weighted by Crippen LogP contribution is -2.46. The largest absolute Gasteiger partial charge is 0.385 e. The Hall–Kier alpha value is -1.30. The average molecular weight is 312 g/mol. The third kappa shape index (κ3) is 6.64. The van der Waals surface area contributed by atoms with Crippen LogP contribution >= 0.6 is 0 Å². The number of carbonyl (C=O) groups excluding carboxylic acids is 1. The fourth-order valence-electron chi connectivity index (χ4n) is 2.94. The van der Waals surface area contributed by atoms with Gasteiger partial charge >= 0.3 is 0 Å². The van der Waals surface area contributed by atoms with Gasteiger partial charge in [-0.1, -0.05) is 19.8 Å². The van der Waals surface area contributed by atoms with Gasteiger partial charge in [0.05, 0.1) is 6.54 Å². The third-order valence-electron chi connectivity index (χ3n) is 4.34. The molecule has 0 unspecified atom stereocenters. The normalized spacial score (nSPS) is 17.3. The molecule has 128 valence electrons. The van der Waals surface area contributed by atoms with Crippen molar-refractivity contribution < 1.29 is 9.53 Å². The number of nitrogens with one attached hydrogen (secondary N) is 3. The van der Waals surface area contributed by atoms with Crippen LogP contribution in [0.2, 0.25) is 0 Å². The first kappa shape index (κ1) is 18.7. The van der Waals surface area contributed by atoms with Crippen LogP contribution in [0, 0.1) is 5.41 Å². The summed E-state index contributed by atoms with van der Waals surface area (Å²) in [6, 6.07) is 0. The van der Waals surface area contributed by atoms with Crippen molar-refractivity contribution in [3.8, 4) is 0 Å².